The molecule has 0 saturated carbocycles. The molecule has 0 aliphatic heterocycles. The van der Waals surface area contributed by atoms with Crippen LogP contribution in [0, 0.1) is 0 Å². The molecule has 1 unspecified atom stereocenters. The largest absolute Gasteiger partial charge is 0.480 e. The predicted molar refractivity (Wildman–Crippen MR) is 70.4 cm³/mol. The van der Waals surface area contributed by atoms with E-state index in [0.29, 0.717) is 6.42 Å². The molecule has 2 aromatic rings. The Labute approximate surface area is 105 Å². The number of hydrogen-bond acceptors (Lipinski definition) is 3. The number of nitrogens with two attached hydrogens (primary N) is 1. The fourth-order valence-corrected chi connectivity index (χ4v) is 2.08. The molecule has 0 aliphatic carbocycles. The molecule has 0 amide bonds. The Bertz CT molecular complexity index is 581. The average molecular weight is 244 g/mol. The van der Waals surface area contributed by atoms with Crippen LogP contribution in [0.1, 0.15) is 18.1 Å². The number of pyridine rings is 1. The summed E-state index contributed by atoms with van der Waals surface area (Å²) in [6, 6.07) is 6.94. The first-order chi connectivity index (χ1) is 8.63. The summed E-state index contributed by atoms with van der Waals surface area (Å²) >= 11 is 0. The summed E-state index contributed by atoms with van der Waals surface area (Å²) in [7, 11) is 0. The van der Waals surface area contributed by atoms with Gasteiger partial charge in [-0.15, -0.1) is 0 Å². The lowest BCUT2D eigenvalue weighted by atomic mass is 9.99. The van der Waals surface area contributed by atoms with Gasteiger partial charge in [0, 0.05) is 11.6 Å². The van der Waals surface area contributed by atoms with E-state index in [1.807, 2.05) is 24.3 Å². The van der Waals surface area contributed by atoms with E-state index in [9.17, 15) is 4.79 Å². The van der Waals surface area contributed by atoms with Crippen molar-refractivity contribution in [3.05, 3.63) is 41.6 Å². The third kappa shape index (κ3) is 2.33. The number of aryl methyl sites for hydroxylation is 1. The van der Waals surface area contributed by atoms with Gasteiger partial charge in [-0.3, -0.25) is 9.78 Å². The molecule has 1 aromatic carbocycles. The molecular formula is C14H16N2O2. The minimum atomic E-state index is -0.980. The van der Waals surface area contributed by atoms with Crippen molar-refractivity contribution < 1.29 is 9.90 Å². The molecule has 18 heavy (non-hydrogen) atoms. The molecule has 0 aliphatic rings. The molecule has 0 radical (unpaired) electrons. The van der Waals surface area contributed by atoms with Crippen molar-refractivity contribution in [2.45, 2.75) is 25.8 Å². The highest BCUT2D eigenvalue weighted by molar-refractivity contribution is 5.85. The zero-order valence-corrected chi connectivity index (χ0v) is 10.3. The Kier molecular flexibility index (Phi) is 3.58. The van der Waals surface area contributed by atoms with Gasteiger partial charge in [0.1, 0.15) is 6.04 Å². The number of fused-ring (bicyclic) bond motifs is 1. The number of hydrogen-bond donors (Lipinski definition) is 2. The van der Waals surface area contributed by atoms with Gasteiger partial charge in [0.2, 0.25) is 0 Å². The fourth-order valence-electron chi connectivity index (χ4n) is 2.08. The first-order valence-corrected chi connectivity index (χ1v) is 5.97. The highest BCUT2D eigenvalue weighted by atomic mass is 16.4. The van der Waals surface area contributed by atoms with E-state index in [1.54, 1.807) is 6.20 Å². The van der Waals surface area contributed by atoms with Gasteiger partial charge in [-0.05, 0) is 30.0 Å². The van der Waals surface area contributed by atoms with Gasteiger partial charge in [0.15, 0.2) is 0 Å². The molecular weight excluding hydrogens is 228 g/mol. The predicted octanol–water partition coefficient (Wildman–Crippen LogP) is 1.75. The van der Waals surface area contributed by atoms with E-state index in [-0.39, 0.29) is 0 Å². The molecule has 4 nitrogen and oxygen atoms in total. The molecule has 4 heteroatoms. The summed E-state index contributed by atoms with van der Waals surface area (Å²) in [6.45, 7) is 2.08. The van der Waals surface area contributed by atoms with Crippen LogP contribution in [-0.4, -0.2) is 22.1 Å². The van der Waals surface area contributed by atoms with Crippen molar-refractivity contribution in [1.82, 2.24) is 4.98 Å². The third-order valence-electron chi connectivity index (χ3n) is 3.08. The molecule has 94 valence electrons. The van der Waals surface area contributed by atoms with Crippen LogP contribution in [-0.2, 0) is 17.6 Å². The number of aliphatic carboxylic acids is 1. The van der Waals surface area contributed by atoms with Gasteiger partial charge >= 0.3 is 5.97 Å². The van der Waals surface area contributed by atoms with Gasteiger partial charge in [0.05, 0.1) is 5.52 Å². The van der Waals surface area contributed by atoms with Crippen molar-refractivity contribution in [2.75, 3.05) is 0 Å². The molecule has 1 aromatic heterocycles. The van der Waals surface area contributed by atoms with Crippen molar-refractivity contribution in [1.29, 1.82) is 0 Å². The molecule has 3 N–H and O–H groups in total. The molecule has 1 heterocycles. The molecule has 0 fully saturated rings. The lowest BCUT2D eigenvalue weighted by molar-refractivity contribution is -0.138. The number of carboxylic acids is 1. The molecule has 2 rings (SSSR count). The third-order valence-corrected chi connectivity index (χ3v) is 3.08. The topological polar surface area (TPSA) is 76.2 Å². The first kappa shape index (κ1) is 12.5. The Morgan fingerprint density at radius 3 is 2.83 bits per heavy atom. The number of carbonyl (C=O) groups is 1. The molecule has 0 saturated heterocycles. The Balaban J connectivity index is 2.49. The fraction of sp³-hybridized carbons (Fsp3) is 0.286. The summed E-state index contributed by atoms with van der Waals surface area (Å²) in [6.07, 6.45) is 2.94. The zero-order valence-electron chi connectivity index (χ0n) is 10.3. The van der Waals surface area contributed by atoms with Crippen LogP contribution >= 0.6 is 0 Å². The monoisotopic (exact) mass is 244 g/mol. The minimum absolute atomic E-state index is 0.321. The number of para-hydroxylation sites is 1. The number of benzene rings is 1. The maximum absolute atomic E-state index is 10.8. The average Bonchev–Trinajstić information content (AvgIpc) is 2.38. The van der Waals surface area contributed by atoms with E-state index in [1.165, 1.54) is 5.56 Å². The number of nitrogens with zero attached hydrogens (tertiary/aromatic N) is 1. The summed E-state index contributed by atoms with van der Waals surface area (Å²) in [5.41, 5.74) is 8.63. The van der Waals surface area contributed by atoms with Gasteiger partial charge in [-0.25, -0.2) is 0 Å². The molecule has 1 atom stereocenters. The summed E-state index contributed by atoms with van der Waals surface area (Å²) in [5.74, 6) is -0.980. The van der Waals surface area contributed by atoms with Crippen molar-refractivity contribution in [3.8, 4) is 0 Å². The smallest absolute Gasteiger partial charge is 0.320 e. The maximum atomic E-state index is 10.8. The summed E-state index contributed by atoms with van der Waals surface area (Å²) in [4.78, 5) is 15.2. The van der Waals surface area contributed by atoms with Gasteiger partial charge < -0.3 is 10.8 Å². The van der Waals surface area contributed by atoms with E-state index < -0.39 is 12.0 Å². The number of carboxylic acid groups (broad SMARTS) is 1. The second-order valence-corrected chi connectivity index (χ2v) is 4.29. The second kappa shape index (κ2) is 5.14. The maximum Gasteiger partial charge on any atom is 0.320 e. The van der Waals surface area contributed by atoms with Gasteiger partial charge in [-0.2, -0.15) is 0 Å². The van der Waals surface area contributed by atoms with Crippen molar-refractivity contribution in [2.24, 2.45) is 5.73 Å². The van der Waals surface area contributed by atoms with Crippen molar-refractivity contribution >= 4 is 16.9 Å². The molecule has 0 bridgehead atoms. The van der Waals surface area contributed by atoms with Crippen LogP contribution in [0.25, 0.3) is 10.9 Å². The SMILES string of the molecule is CCc1cccc2c(CC(N)C(=O)O)ccnc12. The van der Waals surface area contributed by atoms with Crippen LogP contribution in [0.2, 0.25) is 0 Å². The Hall–Kier alpha value is -1.94. The number of rotatable bonds is 4. The van der Waals surface area contributed by atoms with Crippen LogP contribution in [0.15, 0.2) is 30.5 Å². The minimum Gasteiger partial charge on any atom is -0.480 e. The van der Waals surface area contributed by atoms with E-state index >= 15 is 0 Å². The summed E-state index contributed by atoms with van der Waals surface area (Å²) in [5, 5.41) is 9.87. The Morgan fingerprint density at radius 1 is 1.39 bits per heavy atom. The highest BCUT2D eigenvalue weighted by Gasteiger charge is 2.14. The lowest BCUT2D eigenvalue weighted by Gasteiger charge is -2.10. The van der Waals surface area contributed by atoms with Crippen LogP contribution in [0.4, 0.5) is 0 Å². The standard InChI is InChI=1S/C14H16N2O2/c1-2-9-4-3-5-11-10(6-7-16-13(9)11)8-12(15)14(17)18/h3-7,12H,2,8,15H2,1H3,(H,17,18). The second-order valence-electron chi connectivity index (χ2n) is 4.29. The Morgan fingerprint density at radius 2 is 2.17 bits per heavy atom. The van der Waals surface area contributed by atoms with Crippen LogP contribution < -0.4 is 5.73 Å². The van der Waals surface area contributed by atoms with E-state index in [2.05, 4.69) is 11.9 Å². The lowest BCUT2D eigenvalue weighted by Crippen LogP contribution is -2.32. The zero-order chi connectivity index (χ0) is 13.1. The first-order valence-electron chi connectivity index (χ1n) is 5.97. The summed E-state index contributed by atoms with van der Waals surface area (Å²) < 4.78 is 0. The highest BCUT2D eigenvalue weighted by Crippen LogP contribution is 2.21. The van der Waals surface area contributed by atoms with Crippen LogP contribution in [0.3, 0.4) is 0 Å². The van der Waals surface area contributed by atoms with Crippen LogP contribution in [0.5, 0.6) is 0 Å². The quantitative estimate of drug-likeness (QED) is 0.859. The van der Waals surface area contributed by atoms with E-state index in [0.717, 1.165) is 22.9 Å². The number of aromatic nitrogens is 1. The van der Waals surface area contributed by atoms with Gasteiger partial charge in [0.25, 0.3) is 0 Å². The van der Waals surface area contributed by atoms with Crippen molar-refractivity contribution in [3.63, 3.8) is 0 Å². The van der Waals surface area contributed by atoms with E-state index in [4.69, 9.17) is 10.8 Å². The normalized spacial score (nSPS) is 12.6. The molecule has 0 spiro atoms. The van der Waals surface area contributed by atoms with Gasteiger partial charge in [-0.1, -0.05) is 25.1 Å².